The van der Waals surface area contributed by atoms with Crippen LogP contribution < -0.4 is 5.32 Å². The Balaban J connectivity index is 1.94. The van der Waals surface area contributed by atoms with Crippen LogP contribution in [0.4, 0.5) is 4.39 Å². The third-order valence-electron chi connectivity index (χ3n) is 3.35. The standard InChI is InChI=1S/C16H21FN2/c1-3-10-19-11-4-5-16(19)12-18-13(2)14-6-8-15(17)9-7-14/h4-9,11,13,18H,3,10,12H2,1-2H3/t13-/m0/s1. The number of aryl methyl sites for hydroxylation is 1. The van der Waals surface area contributed by atoms with E-state index in [0.717, 1.165) is 25.1 Å². The lowest BCUT2D eigenvalue weighted by atomic mass is 10.1. The van der Waals surface area contributed by atoms with Gasteiger partial charge < -0.3 is 9.88 Å². The molecular formula is C16H21FN2. The summed E-state index contributed by atoms with van der Waals surface area (Å²) in [5, 5.41) is 3.48. The Morgan fingerprint density at radius 2 is 1.95 bits per heavy atom. The van der Waals surface area contributed by atoms with Gasteiger partial charge in [-0.1, -0.05) is 19.1 Å². The van der Waals surface area contributed by atoms with Crippen molar-refractivity contribution < 1.29 is 4.39 Å². The highest BCUT2D eigenvalue weighted by atomic mass is 19.1. The molecule has 0 unspecified atom stereocenters. The van der Waals surface area contributed by atoms with Gasteiger partial charge >= 0.3 is 0 Å². The lowest BCUT2D eigenvalue weighted by Crippen LogP contribution is -2.20. The van der Waals surface area contributed by atoms with Crippen LogP contribution in [-0.4, -0.2) is 4.57 Å². The summed E-state index contributed by atoms with van der Waals surface area (Å²) in [7, 11) is 0. The minimum atomic E-state index is -0.187. The molecule has 0 radical (unpaired) electrons. The number of halogens is 1. The molecule has 0 aliphatic heterocycles. The van der Waals surface area contributed by atoms with Gasteiger partial charge in [0.05, 0.1) is 0 Å². The second-order valence-corrected chi connectivity index (χ2v) is 4.85. The Hall–Kier alpha value is -1.61. The summed E-state index contributed by atoms with van der Waals surface area (Å²) in [5.74, 6) is -0.187. The molecule has 3 heteroatoms. The van der Waals surface area contributed by atoms with Crippen LogP contribution in [0.15, 0.2) is 42.6 Å². The van der Waals surface area contributed by atoms with Crippen LogP contribution in [0.5, 0.6) is 0 Å². The van der Waals surface area contributed by atoms with E-state index in [2.05, 4.69) is 42.1 Å². The van der Waals surface area contributed by atoms with E-state index in [4.69, 9.17) is 0 Å². The molecule has 2 nitrogen and oxygen atoms in total. The van der Waals surface area contributed by atoms with E-state index in [1.165, 1.54) is 17.8 Å². The van der Waals surface area contributed by atoms with Gasteiger partial charge in [0.1, 0.15) is 5.82 Å². The minimum Gasteiger partial charge on any atom is -0.350 e. The first kappa shape index (κ1) is 13.8. The summed E-state index contributed by atoms with van der Waals surface area (Å²) >= 11 is 0. The summed E-state index contributed by atoms with van der Waals surface area (Å²) in [6.07, 6.45) is 3.25. The van der Waals surface area contributed by atoms with Crippen molar-refractivity contribution in [3.05, 3.63) is 59.7 Å². The molecule has 0 aliphatic rings. The van der Waals surface area contributed by atoms with Crippen LogP contribution in [0.2, 0.25) is 0 Å². The maximum atomic E-state index is 12.9. The fraction of sp³-hybridized carbons (Fsp3) is 0.375. The number of nitrogens with zero attached hydrogens (tertiary/aromatic N) is 1. The molecule has 0 fully saturated rings. The first-order valence-electron chi connectivity index (χ1n) is 6.83. The molecule has 0 saturated carbocycles. The molecule has 19 heavy (non-hydrogen) atoms. The lowest BCUT2D eigenvalue weighted by Gasteiger charge is -2.15. The number of rotatable bonds is 6. The van der Waals surface area contributed by atoms with Crippen molar-refractivity contribution in [3.63, 3.8) is 0 Å². The predicted molar refractivity (Wildman–Crippen MR) is 76.4 cm³/mol. The van der Waals surface area contributed by atoms with E-state index in [0.29, 0.717) is 0 Å². The molecule has 1 N–H and O–H groups in total. The second-order valence-electron chi connectivity index (χ2n) is 4.85. The molecule has 1 heterocycles. The first-order valence-corrected chi connectivity index (χ1v) is 6.83. The van der Waals surface area contributed by atoms with Crippen LogP contribution in [0.3, 0.4) is 0 Å². The smallest absolute Gasteiger partial charge is 0.123 e. The highest BCUT2D eigenvalue weighted by Gasteiger charge is 2.06. The van der Waals surface area contributed by atoms with Gasteiger partial charge in [0, 0.05) is 31.0 Å². The third-order valence-corrected chi connectivity index (χ3v) is 3.35. The minimum absolute atomic E-state index is 0.187. The van der Waals surface area contributed by atoms with Crippen molar-refractivity contribution in [1.82, 2.24) is 9.88 Å². The number of aromatic nitrogens is 1. The van der Waals surface area contributed by atoms with Crippen molar-refractivity contribution in [2.75, 3.05) is 0 Å². The van der Waals surface area contributed by atoms with E-state index < -0.39 is 0 Å². The zero-order chi connectivity index (χ0) is 13.7. The molecular weight excluding hydrogens is 239 g/mol. The monoisotopic (exact) mass is 260 g/mol. The lowest BCUT2D eigenvalue weighted by molar-refractivity contribution is 0.540. The van der Waals surface area contributed by atoms with E-state index in [9.17, 15) is 4.39 Å². The maximum absolute atomic E-state index is 12.9. The predicted octanol–water partition coefficient (Wildman–Crippen LogP) is 3.89. The van der Waals surface area contributed by atoms with Gasteiger partial charge in [-0.2, -0.15) is 0 Å². The van der Waals surface area contributed by atoms with Gasteiger partial charge in [-0.25, -0.2) is 4.39 Å². The number of hydrogen-bond donors (Lipinski definition) is 1. The Kier molecular flexibility index (Phi) is 4.74. The summed E-state index contributed by atoms with van der Waals surface area (Å²) < 4.78 is 15.1. The molecule has 102 valence electrons. The van der Waals surface area contributed by atoms with Gasteiger partial charge in [0.25, 0.3) is 0 Å². The molecule has 0 aliphatic carbocycles. The molecule has 2 aromatic rings. The normalized spacial score (nSPS) is 12.6. The second kappa shape index (κ2) is 6.53. The van der Waals surface area contributed by atoms with Crippen molar-refractivity contribution in [3.8, 4) is 0 Å². The largest absolute Gasteiger partial charge is 0.350 e. The summed E-state index contributed by atoms with van der Waals surface area (Å²) in [4.78, 5) is 0. The quantitative estimate of drug-likeness (QED) is 0.834. The van der Waals surface area contributed by atoms with Crippen molar-refractivity contribution in [2.24, 2.45) is 0 Å². The van der Waals surface area contributed by atoms with Crippen molar-refractivity contribution in [2.45, 2.75) is 39.4 Å². The van der Waals surface area contributed by atoms with Crippen molar-refractivity contribution >= 4 is 0 Å². The van der Waals surface area contributed by atoms with Gasteiger partial charge in [-0.15, -0.1) is 0 Å². The van der Waals surface area contributed by atoms with Crippen molar-refractivity contribution in [1.29, 1.82) is 0 Å². The van der Waals surface area contributed by atoms with Crippen LogP contribution in [0, 0.1) is 5.82 Å². The summed E-state index contributed by atoms with van der Waals surface area (Å²) in [6, 6.07) is 11.1. The average molecular weight is 260 g/mol. The van der Waals surface area contributed by atoms with E-state index in [-0.39, 0.29) is 11.9 Å². The van der Waals surface area contributed by atoms with Crippen LogP contribution in [0.25, 0.3) is 0 Å². The fourth-order valence-electron chi connectivity index (χ4n) is 2.20. The SMILES string of the molecule is CCCn1cccc1CN[C@@H](C)c1ccc(F)cc1. The highest BCUT2D eigenvalue weighted by Crippen LogP contribution is 2.14. The molecule has 1 atom stereocenters. The first-order chi connectivity index (χ1) is 9.20. The van der Waals surface area contributed by atoms with E-state index >= 15 is 0 Å². The van der Waals surface area contributed by atoms with Gasteiger partial charge in [-0.05, 0) is 43.2 Å². The molecule has 1 aromatic carbocycles. The van der Waals surface area contributed by atoms with Gasteiger partial charge in [-0.3, -0.25) is 0 Å². The Bertz CT molecular complexity index is 502. The summed E-state index contributed by atoms with van der Waals surface area (Å²) in [5.41, 5.74) is 2.39. The topological polar surface area (TPSA) is 17.0 Å². The van der Waals surface area contributed by atoms with E-state index in [1.807, 2.05) is 12.1 Å². The van der Waals surface area contributed by atoms with Gasteiger partial charge in [0.15, 0.2) is 0 Å². The summed E-state index contributed by atoms with van der Waals surface area (Å²) in [6.45, 7) is 6.15. The molecule has 0 spiro atoms. The van der Waals surface area contributed by atoms with Gasteiger partial charge in [0.2, 0.25) is 0 Å². The zero-order valence-electron chi connectivity index (χ0n) is 11.6. The maximum Gasteiger partial charge on any atom is 0.123 e. The van der Waals surface area contributed by atoms with Crippen LogP contribution in [0.1, 0.15) is 37.6 Å². The Morgan fingerprint density at radius 3 is 2.63 bits per heavy atom. The molecule has 0 amide bonds. The number of benzene rings is 1. The van der Waals surface area contributed by atoms with Crippen LogP contribution in [-0.2, 0) is 13.1 Å². The molecule has 1 aromatic heterocycles. The molecule has 0 bridgehead atoms. The zero-order valence-corrected chi connectivity index (χ0v) is 11.6. The fourth-order valence-corrected chi connectivity index (χ4v) is 2.20. The Morgan fingerprint density at radius 1 is 1.21 bits per heavy atom. The van der Waals surface area contributed by atoms with E-state index in [1.54, 1.807) is 0 Å². The molecule has 0 saturated heterocycles. The Labute approximate surface area is 114 Å². The number of nitrogens with one attached hydrogen (secondary N) is 1. The number of hydrogen-bond acceptors (Lipinski definition) is 1. The molecule has 2 rings (SSSR count). The average Bonchev–Trinajstić information content (AvgIpc) is 2.85. The van der Waals surface area contributed by atoms with Crippen LogP contribution >= 0.6 is 0 Å². The highest BCUT2D eigenvalue weighted by molar-refractivity contribution is 5.19. The third kappa shape index (κ3) is 3.67.